The highest BCUT2D eigenvalue weighted by molar-refractivity contribution is 14.1. The molecule has 1 atom stereocenters. The van der Waals surface area contributed by atoms with Crippen molar-refractivity contribution in [2.45, 2.75) is 11.6 Å². The van der Waals surface area contributed by atoms with Crippen molar-refractivity contribution in [1.82, 2.24) is 0 Å². The molecule has 3 aromatic carbocycles. The summed E-state index contributed by atoms with van der Waals surface area (Å²) in [6.07, 6.45) is -4.75. The first-order valence-electron chi connectivity index (χ1n) is 10.1. The SMILES string of the molecule is COc1cc([C@@H]2SCC(=O)N2c2ccc(Cl)cc2)cc(I)c1Oc1ccc(C(F)(F)F)cc1[N+](=O)[O-]. The van der Waals surface area contributed by atoms with E-state index < -0.39 is 27.7 Å². The molecule has 1 fully saturated rings. The molecule has 0 aliphatic carbocycles. The standard InChI is InChI=1S/C23H15ClF3IN2O5S/c1-34-19-9-12(22-29(20(31)11-36-22)15-5-3-14(24)4-6-15)8-16(28)21(19)35-18-7-2-13(23(25,26)27)10-17(18)30(32)33/h2-10,22H,11H2,1H3/t22-/m0/s1. The van der Waals surface area contributed by atoms with Crippen molar-refractivity contribution in [2.75, 3.05) is 17.8 Å². The summed E-state index contributed by atoms with van der Waals surface area (Å²) >= 11 is 9.33. The Hall–Kier alpha value is -2.71. The topological polar surface area (TPSA) is 81.9 Å². The number of anilines is 1. The predicted octanol–water partition coefficient (Wildman–Crippen LogP) is 7.45. The number of benzene rings is 3. The van der Waals surface area contributed by atoms with Crippen LogP contribution in [0.4, 0.5) is 24.5 Å². The lowest BCUT2D eigenvalue weighted by Crippen LogP contribution is -2.27. The first kappa shape index (κ1) is 26.4. The minimum Gasteiger partial charge on any atom is -0.493 e. The summed E-state index contributed by atoms with van der Waals surface area (Å²) in [6, 6.07) is 12.2. The number of thioether (sulfide) groups is 1. The number of methoxy groups -OCH3 is 1. The number of nitro groups is 1. The van der Waals surface area contributed by atoms with E-state index in [0.29, 0.717) is 32.0 Å². The number of carbonyl (C=O) groups is 1. The number of halogens is 5. The van der Waals surface area contributed by atoms with Gasteiger partial charge in [-0.2, -0.15) is 13.2 Å². The maximum absolute atomic E-state index is 13.0. The third-order valence-corrected chi connectivity index (χ3v) is 7.47. The largest absolute Gasteiger partial charge is 0.493 e. The van der Waals surface area contributed by atoms with Crippen LogP contribution in [-0.2, 0) is 11.0 Å². The Balaban J connectivity index is 1.71. The van der Waals surface area contributed by atoms with Gasteiger partial charge in [0.1, 0.15) is 5.37 Å². The zero-order valence-corrected chi connectivity index (χ0v) is 21.9. The molecule has 13 heteroatoms. The molecule has 0 radical (unpaired) electrons. The molecule has 4 rings (SSSR count). The van der Waals surface area contributed by atoms with E-state index in [-0.39, 0.29) is 28.9 Å². The molecule has 1 amide bonds. The Morgan fingerprint density at radius 2 is 1.83 bits per heavy atom. The highest BCUT2D eigenvalue weighted by Gasteiger charge is 2.36. The lowest BCUT2D eigenvalue weighted by Gasteiger charge is -2.25. The molecule has 3 aromatic rings. The Morgan fingerprint density at radius 1 is 1.14 bits per heavy atom. The second-order valence-corrected chi connectivity index (χ2v) is 10.1. The smallest absolute Gasteiger partial charge is 0.416 e. The first-order chi connectivity index (χ1) is 17.0. The van der Waals surface area contributed by atoms with Gasteiger partial charge in [0.05, 0.1) is 26.9 Å². The van der Waals surface area contributed by atoms with Crippen LogP contribution in [0.1, 0.15) is 16.5 Å². The van der Waals surface area contributed by atoms with Crippen LogP contribution in [0.25, 0.3) is 0 Å². The fourth-order valence-electron chi connectivity index (χ4n) is 3.57. The minimum atomic E-state index is -4.75. The number of nitrogens with zero attached hydrogens (tertiary/aromatic N) is 2. The van der Waals surface area contributed by atoms with Gasteiger partial charge < -0.3 is 9.47 Å². The minimum absolute atomic E-state index is 0.0945. The summed E-state index contributed by atoms with van der Waals surface area (Å²) in [6.45, 7) is 0. The van der Waals surface area contributed by atoms with Gasteiger partial charge in [-0.1, -0.05) is 11.6 Å². The predicted molar refractivity (Wildman–Crippen MR) is 138 cm³/mol. The summed E-state index contributed by atoms with van der Waals surface area (Å²) in [7, 11) is 1.37. The molecule has 0 N–H and O–H groups in total. The maximum atomic E-state index is 13.0. The molecule has 0 unspecified atom stereocenters. The molecule has 0 spiro atoms. The molecular formula is C23H15ClF3IN2O5S. The molecular weight excluding hydrogens is 636 g/mol. The van der Waals surface area contributed by atoms with E-state index >= 15 is 0 Å². The lowest BCUT2D eigenvalue weighted by atomic mass is 10.1. The van der Waals surface area contributed by atoms with Gasteiger partial charge in [0.2, 0.25) is 11.7 Å². The van der Waals surface area contributed by atoms with Gasteiger partial charge in [0.25, 0.3) is 0 Å². The molecule has 0 aromatic heterocycles. The van der Waals surface area contributed by atoms with Crippen molar-refractivity contribution < 1.29 is 32.4 Å². The van der Waals surface area contributed by atoms with E-state index in [1.54, 1.807) is 41.3 Å². The molecule has 1 saturated heterocycles. The van der Waals surface area contributed by atoms with Crippen LogP contribution in [0.15, 0.2) is 54.6 Å². The number of nitro benzene ring substituents is 1. The molecule has 1 aliphatic rings. The zero-order chi connectivity index (χ0) is 26.2. The Kier molecular flexibility index (Phi) is 7.57. The Bertz CT molecular complexity index is 1340. The average molecular weight is 651 g/mol. The normalized spacial score (nSPS) is 15.8. The van der Waals surface area contributed by atoms with Crippen molar-refractivity contribution in [2.24, 2.45) is 0 Å². The van der Waals surface area contributed by atoms with Crippen molar-refractivity contribution in [3.8, 4) is 17.2 Å². The summed E-state index contributed by atoms with van der Waals surface area (Å²) in [5, 5.41) is 11.6. The molecule has 188 valence electrons. The Morgan fingerprint density at radius 3 is 2.44 bits per heavy atom. The highest BCUT2D eigenvalue weighted by Crippen LogP contribution is 2.47. The third kappa shape index (κ3) is 5.34. The molecule has 1 aliphatic heterocycles. The zero-order valence-electron chi connectivity index (χ0n) is 18.2. The van der Waals surface area contributed by atoms with Crippen LogP contribution >= 0.6 is 46.0 Å². The van der Waals surface area contributed by atoms with E-state index in [0.717, 1.165) is 6.07 Å². The van der Waals surface area contributed by atoms with Gasteiger partial charge in [-0.3, -0.25) is 19.8 Å². The fraction of sp³-hybridized carbons (Fsp3) is 0.174. The highest BCUT2D eigenvalue weighted by atomic mass is 127. The summed E-state index contributed by atoms with van der Waals surface area (Å²) in [4.78, 5) is 24.8. The van der Waals surface area contributed by atoms with Crippen LogP contribution in [0, 0.1) is 13.7 Å². The molecule has 36 heavy (non-hydrogen) atoms. The summed E-state index contributed by atoms with van der Waals surface area (Å²) in [5.74, 6) is 0.0775. The van der Waals surface area contributed by atoms with Gasteiger partial charge in [-0.15, -0.1) is 11.8 Å². The van der Waals surface area contributed by atoms with E-state index in [2.05, 4.69) is 0 Å². The quantitative estimate of drug-likeness (QED) is 0.157. The van der Waals surface area contributed by atoms with Gasteiger partial charge >= 0.3 is 11.9 Å². The second kappa shape index (κ2) is 10.3. The van der Waals surface area contributed by atoms with Crippen LogP contribution in [0.3, 0.4) is 0 Å². The van der Waals surface area contributed by atoms with Crippen molar-refractivity contribution in [3.05, 3.63) is 84.4 Å². The van der Waals surface area contributed by atoms with Crippen LogP contribution in [0.2, 0.25) is 5.02 Å². The van der Waals surface area contributed by atoms with Crippen molar-refractivity contribution in [1.29, 1.82) is 0 Å². The number of ether oxygens (including phenoxy) is 2. The van der Waals surface area contributed by atoms with E-state index in [9.17, 15) is 28.1 Å². The number of rotatable bonds is 6. The van der Waals surface area contributed by atoms with Crippen LogP contribution in [-0.4, -0.2) is 23.7 Å². The van der Waals surface area contributed by atoms with Gasteiger partial charge in [0, 0.05) is 16.8 Å². The average Bonchev–Trinajstić information content (AvgIpc) is 3.21. The van der Waals surface area contributed by atoms with Gasteiger partial charge in [-0.05, 0) is 76.7 Å². The monoisotopic (exact) mass is 650 g/mol. The van der Waals surface area contributed by atoms with Gasteiger partial charge in [0.15, 0.2) is 11.5 Å². The number of carbonyl (C=O) groups excluding carboxylic acids is 1. The number of hydrogen-bond donors (Lipinski definition) is 0. The lowest BCUT2D eigenvalue weighted by molar-refractivity contribution is -0.385. The summed E-state index contributed by atoms with van der Waals surface area (Å²) < 4.78 is 50.8. The van der Waals surface area contributed by atoms with Crippen molar-refractivity contribution in [3.63, 3.8) is 0 Å². The maximum Gasteiger partial charge on any atom is 0.416 e. The Labute approximate surface area is 225 Å². The van der Waals surface area contributed by atoms with E-state index in [4.69, 9.17) is 21.1 Å². The second-order valence-electron chi connectivity index (χ2n) is 7.48. The fourth-order valence-corrected chi connectivity index (χ4v) is 5.58. The van der Waals surface area contributed by atoms with Crippen LogP contribution in [0.5, 0.6) is 17.2 Å². The molecule has 1 heterocycles. The summed E-state index contributed by atoms with van der Waals surface area (Å²) in [5.41, 5.74) is -0.633. The molecule has 0 saturated carbocycles. The third-order valence-electron chi connectivity index (χ3n) is 5.20. The first-order valence-corrected chi connectivity index (χ1v) is 12.6. The number of amides is 1. The molecule has 0 bridgehead atoms. The van der Waals surface area contributed by atoms with E-state index in [1.165, 1.54) is 18.9 Å². The van der Waals surface area contributed by atoms with Crippen molar-refractivity contribution >= 4 is 63.2 Å². The molecule has 7 nitrogen and oxygen atoms in total. The number of alkyl halides is 3. The van der Waals surface area contributed by atoms with Gasteiger partial charge in [-0.25, -0.2) is 0 Å². The van der Waals surface area contributed by atoms with E-state index in [1.807, 2.05) is 22.6 Å². The number of hydrogen-bond acceptors (Lipinski definition) is 6. The van der Waals surface area contributed by atoms with Crippen LogP contribution < -0.4 is 14.4 Å².